The lowest BCUT2D eigenvalue weighted by Gasteiger charge is -2.10. The number of aliphatic carboxylic acids is 1. The summed E-state index contributed by atoms with van der Waals surface area (Å²) in [6.45, 7) is 4.73. The highest BCUT2D eigenvalue weighted by Crippen LogP contribution is 2.22. The average molecular weight is 302 g/mol. The molecule has 0 spiro atoms. The van der Waals surface area contributed by atoms with Crippen LogP contribution in [-0.2, 0) is 11.2 Å². The number of hydrogen-bond donors (Lipinski definition) is 2. The molecule has 0 amide bonds. The molecule has 2 N–H and O–H groups in total. The first-order valence-electron chi connectivity index (χ1n) is 6.99. The standard InChI is InChI=1S/C16H18N2O4/c1-10(2)9-22-13-5-3-4-11(6-13)14-7-12(8-15(19)20)16(21)18-17-14/h3-7,10H,8-9H2,1-2H3,(H,18,21)(H,19,20). The van der Waals surface area contributed by atoms with Gasteiger partial charge in [-0.05, 0) is 24.1 Å². The third-order valence-corrected chi connectivity index (χ3v) is 2.94. The van der Waals surface area contributed by atoms with Gasteiger partial charge >= 0.3 is 5.97 Å². The fourth-order valence-electron chi connectivity index (χ4n) is 1.90. The van der Waals surface area contributed by atoms with Crippen LogP contribution in [0.15, 0.2) is 35.1 Å². The first kappa shape index (κ1) is 15.8. The normalized spacial score (nSPS) is 10.7. The van der Waals surface area contributed by atoms with Crippen LogP contribution in [0.25, 0.3) is 11.3 Å². The molecule has 0 fully saturated rings. The van der Waals surface area contributed by atoms with E-state index < -0.39 is 11.5 Å². The van der Waals surface area contributed by atoms with Crippen molar-refractivity contribution in [2.75, 3.05) is 6.61 Å². The Morgan fingerprint density at radius 2 is 2.14 bits per heavy atom. The number of ether oxygens (including phenoxy) is 1. The maximum absolute atomic E-state index is 11.6. The second-order valence-corrected chi connectivity index (χ2v) is 5.41. The molecule has 2 aromatic rings. The van der Waals surface area contributed by atoms with Gasteiger partial charge in [0.05, 0.1) is 18.7 Å². The molecular weight excluding hydrogens is 284 g/mol. The summed E-state index contributed by atoms with van der Waals surface area (Å²) in [4.78, 5) is 22.4. The van der Waals surface area contributed by atoms with Crippen LogP contribution in [0.5, 0.6) is 5.75 Å². The van der Waals surface area contributed by atoms with Crippen molar-refractivity contribution in [1.29, 1.82) is 0 Å². The van der Waals surface area contributed by atoms with E-state index >= 15 is 0 Å². The Hall–Kier alpha value is -2.63. The molecule has 6 nitrogen and oxygen atoms in total. The highest BCUT2D eigenvalue weighted by Gasteiger charge is 2.09. The zero-order valence-electron chi connectivity index (χ0n) is 12.5. The zero-order valence-corrected chi connectivity index (χ0v) is 12.5. The lowest BCUT2D eigenvalue weighted by molar-refractivity contribution is -0.136. The van der Waals surface area contributed by atoms with Gasteiger partial charge in [0.2, 0.25) is 0 Å². The van der Waals surface area contributed by atoms with Gasteiger partial charge in [0.1, 0.15) is 5.75 Å². The van der Waals surface area contributed by atoms with E-state index in [1.54, 1.807) is 0 Å². The van der Waals surface area contributed by atoms with E-state index in [1.807, 2.05) is 24.3 Å². The van der Waals surface area contributed by atoms with Crippen molar-refractivity contribution in [3.8, 4) is 17.0 Å². The van der Waals surface area contributed by atoms with Crippen LogP contribution in [0, 0.1) is 5.92 Å². The van der Waals surface area contributed by atoms with Gasteiger partial charge < -0.3 is 9.84 Å². The van der Waals surface area contributed by atoms with Crippen molar-refractivity contribution in [2.45, 2.75) is 20.3 Å². The van der Waals surface area contributed by atoms with E-state index in [2.05, 4.69) is 24.0 Å². The van der Waals surface area contributed by atoms with E-state index in [-0.39, 0.29) is 12.0 Å². The minimum absolute atomic E-state index is 0.172. The minimum atomic E-state index is -1.06. The molecule has 0 unspecified atom stereocenters. The van der Waals surface area contributed by atoms with Gasteiger partial charge in [-0.2, -0.15) is 5.10 Å². The summed E-state index contributed by atoms with van der Waals surface area (Å²) >= 11 is 0. The van der Waals surface area contributed by atoms with E-state index in [9.17, 15) is 9.59 Å². The Morgan fingerprint density at radius 3 is 2.82 bits per heavy atom. The molecule has 0 aliphatic carbocycles. The Bertz CT molecular complexity index is 722. The van der Waals surface area contributed by atoms with Gasteiger partial charge in [0.15, 0.2) is 0 Å². The van der Waals surface area contributed by atoms with Crippen molar-refractivity contribution in [1.82, 2.24) is 10.2 Å². The Kier molecular flexibility index (Phi) is 4.93. The number of nitrogens with one attached hydrogen (secondary N) is 1. The van der Waals surface area contributed by atoms with Crippen molar-refractivity contribution < 1.29 is 14.6 Å². The third-order valence-electron chi connectivity index (χ3n) is 2.94. The number of rotatable bonds is 6. The molecule has 0 saturated heterocycles. The lowest BCUT2D eigenvalue weighted by atomic mass is 10.1. The topological polar surface area (TPSA) is 92.3 Å². The summed E-state index contributed by atoms with van der Waals surface area (Å²) in [6.07, 6.45) is -0.339. The monoisotopic (exact) mass is 302 g/mol. The average Bonchev–Trinajstić information content (AvgIpc) is 2.47. The van der Waals surface area contributed by atoms with Crippen molar-refractivity contribution in [3.05, 3.63) is 46.2 Å². The maximum atomic E-state index is 11.6. The van der Waals surface area contributed by atoms with Crippen LogP contribution in [0.4, 0.5) is 0 Å². The molecule has 2 rings (SSSR count). The Balaban J connectivity index is 2.29. The highest BCUT2D eigenvalue weighted by molar-refractivity contribution is 5.71. The molecule has 0 aliphatic rings. The number of nitrogens with zero attached hydrogens (tertiary/aromatic N) is 1. The fourth-order valence-corrected chi connectivity index (χ4v) is 1.90. The van der Waals surface area contributed by atoms with Gasteiger partial charge in [-0.15, -0.1) is 0 Å². The summed E-state index contributed by atoms with van der Waals surface area (Å²) in [6, 6.07) is 8.81. The third kappa shape index (κ3) is 4.18. The zero-order chi connectivity index (χ0) is 16.1. The first-order valence-corrected chi connectivity index (χ1v) is 6.99. The van der Waals surface area contributed by atoms with Crippen molar-refractivity contribution in [2.24, 2.45) is 5.92 Å². The molecule has 0 aliphatic heterocycles. The SMILES string of the molecule is CC(C)COc1cccc(-c2cc(CC(=O)O)c(=O)[nH]n2)c1. The second kappa shape index (κ2) is 6.89. The highest BCUT2D eigenvalue weighted by atomic mass is 16.5. The van der Waals surface area contributed by atoms with Crippen molar-refractivity contribution in [3.63, 3.8) is 0 Å². The molecule has 1 aromatic heterocycles. The van der Waals surface area contributed by atoms with Crippen LogP contribution in [0.2, 0.25) is 0 Å². The molecule has 0 saturated carbocycles. The van der Waals surface area contributed by atoms with Gasteiger partial charge in [-0.3, -0.25) is 9.59 Å². The molecule has 116 valence electrons. The summed E-state index contributed by atoms with van der Waals surface area (Å²) in [5.74, 6) is 0.0627. The first-order chi connectivity index (χ1) is 10.5. The molecule has 6 heteroatoms. The number of aromatic nitrogens is 2. The van der Waals surface area contributed by atoms with Crippen LogP contribution < -0.4 is 10.3 Å². The number of hydrogen-bond acceptors (Lipinski definition) is 4. The van der Waals surface area contributed by atoms with Gasteiger partial charge in [0.25, 0.3) is 5.56 Å². The van der Waals surface area contributed by atoms with E-state index in [4.69, 9.17) is 9.84 Å². The fraction of sp³-hybridized carbons (Fsp3) is 0.312. The van der Waals surface area contributed by atoms with Gasteiger partial charge in [-0.25, -0.2) is 5.10 Å². The van der Waals surface area contributed by atoms with Gasteiger partial charge in [0, 0.05) is 11.1 Å². The Morgan fingerprint density at radius 1 is 1.36 bits per heavy atom. The number of H-pyrrole nitrogens is 1. The van der Waals surface area contributed by atoms with E-state index in [0.29, 0.717) is 24.0 Å². The molecule has 22 heavy (non-hydrogen) atoms. The lowest BCUT2D eigenvalue weighted by Crippen LogP contribution is -2.17. The summed E-state index contributed by atoms with van der Waals surface area (Å²) < 4.78 is 5.65. The quantitative estimate of drug-likeness (QED) is 0.852. The summed E-state index contributed by atoms with van der Waals surface area (Å²) in [5.41, 5.74) is 0.944. The molecule has 0 atom stereocenters. The molecule has 0 bridgehead atoms. The largest absolute Gasteiger partial charge is 0.493 e. The number of carbonyl (C=O) groups is 1. The number of carboxylic acids is 1. The summed E-state index contributed by atoms with van der Waals surface area (Å²) in [7, 11) is 0. The number of carboxylic acid groups (broad SMARTS) is 1. The van der Waals surface area contributed by atoms with Crippen LogP contribution in [0.3, 0.4) is 0 Å². The Labute approximate surface area is 127 Å². The van der Waals surface area contributed by atoms with E-state index in [1.165, 1.54) is 6.07 Å². The van der Waals surface area contributed by atoms with Crippen molar-refractivity contribution >= 4 is 5.97 Å². The number of benzene rings is 1. The minimum Gasteiger partial charge on any atom is -0.493 e. The van der Waals surface area contributed by atoms with E-state index in [0.717, 1.165) is 5.56 Å². The predicted molar refractivity (Wildman–Crippen MR) is 82.0 cm³/mol. The smallest absolute Gasteiger partial charge is 0.308 e. The summed E-state index contributed by atoms with van der Waals surface area (Å²) in [5, 5.41) is 15.1. The molecule has 1 heterocycles. The van der Waals surface area contributed by atoms with Crippen LogP contribution >= 0.6 is 0 Å². The van der Waals surface area contributed by atoms with Crippen LogP contribution in [0.1, 0.15) is 19.4 Å². The molecule has 1 aromatic carbocycles. The van der Waals surface area contributed by atoms with Crippen LogP contribution in [-0.4, -0.2) is 27.9 Å². The number of aromatic amines is 1. The second-order valence-electron chi connectivity index (χ2n) is 5.41. The molecule has 0 radical (unpaired) electrons. The van der Waals surface area contributed by atoms with Gasteiger partial charge in [-0.1, -0.05) is 26.0 Å². The molecular formula is C16H18N2O4. The predicted octanol–water partition coefficient (Wildman–Crippen LogP) is 2.10. The maximum Gasteiger partial charge on any atom is 0.308 e.